The normalized spacial score (nSPS) is 14.2. The van der Waals surface area contributed by atoms with Crippen LogP contribution in [0.2, 0.25) is 0 Å². The largest absolute Gasteiger partial charge is 0.369 e. The molecular formula is C26H31N5O2. The third-order valence-electron chi connectivity index (χ3n) is 6.15. The highest BCUT2D eigenvalue weighted by atomic mass is 16.2. The monoisotopic (exact) mass is 445 g/mol. The van der Waals surface area contributed by atoms with Gasteiger partial charge in [-0.1, -0.05) is 36.4 Å². The van der Waals surface area contributed by atoms with Gasteiger partial charge in [-0.15, -0.1) is 0 Å². The number of aryl methyl sites for hydroxylation is 1. The van der Waals surface area contributed by atoms with Crippen LogP contribution in [0, 0.1) is 13.8 Å². The number of piperazine rings is 1. The minimum atomic E-state index is -0.310. The van der Waals surface area contributed by atoms with Crippen molar-refractivity contribution in [3.05, 3.63) is 83.7 Å². The van der Waals surface area contributed by atoms with Crippen molar-refractivity contribution in [1.29, 1.82) is 0 Å². The summed E-state index contributed by atoms with van der Waals surface area (Å²) in [5.74, 6) is -0.499. The fourth-order valence-electron chi connectivity index (χ4n) is 4.35. The van der Waals surface area contributed by atoms with Gasteiger partial charge in [-0.3, -0.25) is 25.3 Å². The predicted octanol–water partition coefficient (Wildman–Crippen LogP) is 3.07. The van der Waals surface area contributed by atoms with E-state index < -0.39 is 0 Å². The molecule has 0 unspecified atom stereocenters. The van der Waals surface area contributed by atoms with Crippen molar-refractivity contribution in [3.8, 4) is 5.69 Å². The molecule has 1 aliphatic rings. The number of anilines is 1. The Morgan fingerprint density at radius 3 is 2.06 bits per heavy atom. The van der Waals surface area contributed by atoms with E-state index in [1.54, 1.807) is 0 Å². The number of nitrogens with one attached hydrogen (secondary N) is 2. The zero-order valence-corrected chi connectivity index (χ0v) is 19.3. The number of hydrogen-bond acceptors (Lipinski definition) is 4. The van der Waals surface area contributed by atoms with Crippen LogP contribution in [0.3, 0.4) is 0 Å². The quantitative estimate of drug-likeness (QED) is 0.572. The van der Waals surface area contributed by atoms with Gasteiger partial charge >= 0.3 is 0 Å². The molecule has 0 bridgehead atoms. The van der Waals surface area contributed by atoms with E-state index in [2.05, 4.69) is 44.9 Å². The molecule has 4 rings (SSSR count). The molecule has 1 aromatic heterocycles. The summed E-state index contributed by atoms with van der Waals surface area (Å²) in [5.41, 5.74) is 9.73. The molecule has 0 spiro atoms. The molecule has 3 aromatic rings. The van der Waals surface area contributed by atoms with Gasteiger partial charge < -0.3 is 9.47 Å². The highest BCUT2D eigenvalue weighted by Gasteiger charge is 2.19. The van der Waals surface area contributed by atoms with Gasteiger partial charge in [0.15, 0.2) is 0 Å². The molecule has 1 fully saturated rings. The van der Waals surface area contributed by atoms with E-state index in [9.17, 15) is 9.59 Å². The van der Waals surface area contributed by atoms with Crippen molar-refractivity contribution in [2.24, 2.45) is 0 Å². The van der Waals surface area contributed by atoms with Crippen LogP contribution < -0.4 is 15.8 Å². The van der Waals surface area contributed by atoms with Crippen LogP contribution in [-0.2, 0) is 4.79 Å². The number of rotatable bonds is 6. The van der Waals surface area contributed by atoms with Crippen LogP contribution >= 0.6 is 0 Å². The number of para-hydroxylation sites is 2. The lowest BCUT2D eigenvalue weighted by Gasteiger charge is -2.36. The maximum Gasteiger partial charge on any atom is 0.271 e. The standard InChI is InChI=1S/C26H31N5O2/c1-20-19-24(21(2)31(20)23-11-7-4-8-12-23)26(33)28-27-25(32)13-14-29-15-17-30(18-16-29)22-9-5-3-6-10-22/h3-12,19H,13-18H2,1-2H3,(H,27,32)(H,28,33). The first-order valence-corrected chi connectivity index (χ1v) is 11.4. The Bertz CT molecular complexity index is 1090. The van der Waals surface area contributed by atoms with E-state index in [1.807, 2.05) is 60.9 Å². The Balaban J connectivity index is 1.23. The Morgan fingerprint density at radius 2 is 1.42 bits per heavy atom. The van der Waals surface area contributed by atoms with E-state index in [0.717, 1.165) is 43.3 Å². The number of aromatic nitrogens is 1. The highest BCUT2D eigenvalue weighted by molar-refractivity contribution is 5.97. The number of hydrogen-bond donors (Lipinski definition) is 2. The SMILES string of the molecule is Cc1cc(C(=O)NNC(=O)CCN2CCN(c3ccccc3)CC2)c(C)n1-c1ccccc1. The zero-order valence-electron chi connectivity index (χ0n) is 19.3. The van der Waals surface area contributed by atoms with Gasteiger partial charge in [-0.2, -0.15) is 0 Å². The Kier molecular flexibility index (Phi) is 7.10. The van der Waals surface area contributed by atoms with E-state index in [-0.39, 0.29) is 11.8 Å². The smallest absolute Gasteiger partial charge is 0.271 e. The minimum Gasteiger partial charge on any atom is -0.369 e. The molecule has 0 atom stereocenters. The molecule has 2 N–H and O–H groups in total. The third kappa shape index (κ3) is 5.43. The van der Waals surface area contributed by atoms with Gasteiger partial charge in [0.1, 0.15) is 0 Å². The zero-order chi connectivity index (χ0) is 23.2. The van der Waals surface area contributed by atoms with Crippen molar-refractivity contribution in [3.63, 3.8) is 0 Å². The molecule has 7 heteroatoms. The van der Waals surface area contributed by atoms with E-state index in [1.165, 1.54) is 5.69 Å². The summed E-state index contributed by atoms with van der Waals surface area (Å²) in [5, 5.41) is 0. The van der Waals surface area contributed by atoms with Crippen molar-refractivity contribution in [2.45, 2.75) is 20.3 Å². The summed E-state index contributed by atoms with van der Waals surface area (Å²) in [6.07, 6.45) is 0.342. The van der Waals surface area contributed by atoms with Gasteiger partial charge in [0.05, 0.1) is 5.56 Å². The first-order valence-electron chi connectivity index (χ1n) is 11.4. The van der Waals surface area contributed by atoms with Crippen LogP contribution in [0.15, 0.2) is 66.7 Å². The summed E-state index contributed by atoms with van der Waals surface area (Å²) in [6.45, 7) is 8.27. The molecule has 0 radical (unpaired) electrons. The van der Waals surface area contributed by atoms with Gasteiger partial charge in [-0.25, -0.2) is 0 Å². The lowest BCUT2D eigenvalue weighted by Crippen LogP contribution is -2.48. The molecule has 7 nitrogen and oxygen atoms in total. The van der Waals surface area contributed by atoms with Crippen LogP contribution in [0.4, 0.5) is 5.69 Å². The van der Waals surface area contributed by atoms with Gasteiger partial charge in [0, 0.05) is 61.9 Å². The van der Waals surface area contributed by atoms with Crippen LogP contribution in [0.5, 0.6) is 0 Å². The van der Waals surface area contributed by atoms with Crippen LogP contribution in [-0.4, -0.2) is 54.0 Å². The van der Waals surface area contributed by atoms with Crippen LogP contribution in [0.25, 0.3) is 5.69 Å². The van der Waals surface area contributed by atoms with Crippen LogP contribution in [0.1, 0.15) is 28.2 Å². The van der Waals surface area contributed by atoms with E-state index in [4.69, 9.17) is 0 Å². The molecule has 2 aromatic carbocycles. The molecule has 1 saturated heterocycles. The topological polar surface area (TPSA) is 69.6 Å². The second-order valence-electron chi connectivity index (χ2n) is 8.37. The summed E-state index contributed by atoms with van der Waals surface area (Å²) in [6, 6.07) is 22.1. The summed E-state index contributed by atoms with van der Waals surface area (Å²) in [7, 11) is 0. The molecule has 0 aliphatic carbocycles. The third-order valence-corrected chi connectivity index (χ3v) is 6.15. The summed E-state index contributed by atoms with van der Waals surface area (Å²) in [4.78, 5) is 29.7. The molecule has 2 amide bonds. The number of carbonyl (C=O) groups is 2. The number of benzene rings is 2. The van der Waals surface area contributed by atoms with Gasteiger partial charge in [0.2, 0.25) is 5.91 Å². The first kappa shape index (κ1) is 22.6. The average Bonchev–Trinajstić information content (AvgIpc) is 3.16. The Hall–Kier alpha value is -3.58. The lowest BCUT2D eigenvalue weighted by molar-refractivity contribution is -0.122. The maximum atomic E-state index is 12.7. The number of carbonyl (C=O) groups excluding carboxylic acids is 2. The first-order chi connectivity index (χ1) is 16.0. The van der Waals surface area contributed by atoms with E-state index >= 15 is 0 Å². The second-order valence-corrected chi connectivity index (χ2v) is 8.37. The second kappa shape index (κ2) is 10.4. The number of amides is 2. The lowest BCUT2D eigenvalue weighted by atomic mass is 10.2. The summed E-state index contributed by atoms with van der Waals surface area (Å²) < 4.78 is 2.03. The molecule has 1 aliphatic heterocycles. The van der Waals surface area contributed by atoms with Crippen molar-refractivity contribution < 1.29 is 9.59 Å². The molecule has 172 valence electrons. The van der Waals surface area contributed by atoms with Crippen molar-refractivity contribution in [2.75, 3.05) is 37.6 Å². The molecule has 33 heavy (non-hydrogen) atoms. The van der Waals surface area contributed by atoms with Gasteiger partial charge in [0.25, 0.3) is 5.91 Å². The van der Waals surface area contributed by atoms with Crippen molar-refractivity contribution >= 4 is 17.5 Å². The van der Waals surface area contributed by atoms with Crippen molar-refractivity contribution in [1.82, 2.24) is 20.3 Å². The number of nitrogens with zero attached hydrogens (tertiary/aromatic N) is 3. The van der Waals surface area contributed by atoms with E-state index in [0.29, 0.717) is 18.5 Å². The van der Waals surface area contributed by atoms with Gasteiger partial charge in [-0.05, 0) is 44.2 Å². The highest BCUT2D eigenvalue weighted by Crippen LogP contribution is 2.20. The minimum absolute atomic E-state index is 0.189. The molecule has 2 heterocycles. The Morgan fingerprint density at radius 1 is 0.818 bits per heavy atom. The number of hydrazine groups is 1. The molecular weight excluding hydrogens is 414 g/mol. The molecule has 0 saturated carbocycles. The fraction of sp³-hybridized carbons (Fsp3) is 0.308. The fourth-order valence-corrected chi connectivity index (χ4v) is 4.35. The summed E-state index contributed by atoms with van der Waals surface area (Å²) >= 11 is 0. The maximum absolute atomic E-state index is 12.7. The average molecular weight is 446 g/mol. The Labute approximate surface area is 195 Å². The predicted molar refractivity (Wildman–Crippen MR) is 131 cm³/mol.